The van der Waals surface area contributed by atoms with Gasteiger partial charge in [0, 0.05) is 29.9 Å². The molecule has 1 saturated carbocycles. The summed E-state index contributed by atoms with van der Waals surface area (Å²) in [5.74, 6) is 0.163. The van der Waals surface area contributed by atoms with Crippen molar-refractivity contribution >= 4 is 5.78 Å². The molecule has 0 atom stereocenters. The van der Waals surface area contributed by atoms with Crippen molar-refractivity contribution in [3.05, 3.63) is 29.6 Å². The molecule has 1 aromatic rings. The standard InChI is InChI=1S/C11H14N2O/c1-8-4-9(6-13-5-8)10(14)11(7-12)2-3-11/h4-6H,2-3,7,12H2,1H3. The fourth-order valence-corrected chi connectivity index (χ4v) is 1.66. The van der Waals surface area contributed by atoms with Crippen LogP contribution in [-0.2, 0) is 0 Å². The number of aromatic nitrogens is 1. The van der Waals surface area contributed by atoms with E-state index >= 15 is 0 Å². The Kier molecular flexibility index (Phi) is 2.11. The quantitative estimate of drug-likeness (QED) is 0.731. The van der Waals surface area contributed by atoms with E-state index in [2.05, 4.69) is 4.98 Å². The van der Waals surface area contributed by atoms with Gasteiger partial charge in [0.25, 0.3) is 0 Å². The highest BCUT2D eigenvalue weighted by atomic mass is 16.1. The van der Waals surface area contributed by atoms with Crippen molar-refractivity contribution in [2.45, 2.75) is 19.8 Å². The maximum atomic E-state index is 12.0. The molecule has 0 saturated heterocycles. The Morgan fingerprint density at radius 3 is 2.79 bits per heavy atom. The number of hydrogen-bond acceptors (Lipinski definition) is 3. The molecule has 1 fully saturated rings. The van der Waals surface area contributed by atoms with Gasteiger partial charge in [-0.25, -0.2) is 0 Å². The Labute approximate surface area is 83.3 Å². The van der Waals surface area contributed by atoms with Crippen LogP contribution in [0.25, 0.3) is 0 Å². The van der Waals surface area contributed by atoms with Crippen LogP contribution in [0.1, 0.15) is 28.8 Å². The van der Waals surface area contributed by atoms with Gasteiger partial charge in [-0.05, 0) is 31.4 Å². The van der Waals surface area contributed by atoms with Crippen molar-refractivity contribution in [2.75, 3.05) is 6.54 Å². The van der Waals surface area contributed by atoms with Crippen LogP contribution in [0.3, 0.4) is 0 Å². The highest BCUT2D eigenvalue weighted by Crippen LogP contribution is 2.47. The number of aryl methyl sites for hydroxylation is 1. The normalized spacial score (nSPS) is 17.9. The molecule has 1 aromatic heterocycles. The summed E-state index contributed by atoms with van der Waals surface area (Å²) >= 11 is 0. The molecule has 0 aromatic carbocycles. The molecule has 0 unspecified atom stereocenters. The summed E-state index contributed by atoms with van der Waals surface area (Å²) in [7, 11) is 0. The van der Waals surface area contributed by atoms with Crippen LogP contribution in [0, 0.1) is 12.3 Å². The molecule has 14 heavy (non-hydrogen) atoms. The van der Waals surface area contributed by atoms with E-state index in [0.29, 0.717) is 12.1 Å². The molecule has 0 aliphatic heterocycles. The first kappa shape index (κ1) is 9.34. The minimum Gasteiger partial charge on any atom is -0.329 e. The van der Waals surface area contributed by atoms with Crippen LogP contribution in [0.2, 0.25) is 0 Å². The Balaban J connectivity index is 2.28. The van der Waals surface area contributed by atoms with E-state index in [0.717, 1.165) is 18.4 Å². The van der Waals surface area contributed by atoms with E-state index in [1.807, 2.05) is 13.0 Å². The minimum absolute atomic E-state index is 0.163. The first-order chi connectivity index (χ1) is 6.68. The summed E-state index contributed by atoms with van der Waals surface area (Å²) in [6, 6.07) is 1.88. The number of nitrogens with zero attached hydrogens (tertiary/aromatic N) is 1. The average molecular weight is 190 g/mol. The zero-order valence-corrected chi connectivity index (χ0v) is 8.29. The van der Waals surface area contributed by atoms with E-state index in [1.165, 1.54) is 0 Å². The summed E-state index contributed by atoms with van der Waals surface area (Å²) in [5, 5.41) is 0. The lowest BCUT2D eigenvalue weighted by molar-refractivity contribution is 0.0905. The number of hydrogen-bond donors (Lipinski definition) is 1. The van der Waals surface area contributed by atoms with Gasteiger partial charge in [0.2, 0.25) is 0 Å². The molecule has 0 spiro atoms. The molecule has 74 valence electrons. The maximum Gasteiger partial charge on any atom is 0.171 e. The summed E-state index contributed by atoms with van der Waals surface area (Å²) in [6.45, 7) is 2.39. The van der Waals surface area contributed by atoms with Crippen LogP contribution in [0.5, 0.6) is 0 Å². The molecule has 2 N–H and O–H groups in total. The third-order valence-electron chi connectivity index (χ3n) is 2.86. The zero-order chi connectivity index (χ0) is 10.2. The van der Waals surface area contributed by atoms with Crippen LogP contribution in [0.15, 0.2) is 18.5 Å². The largest absolute Gasteiger partial charge is 0.329 e. The summed E-state index contributed by atoms with van der Waals surface area (Å²) in [6.07, 6.45) is 5.23. The fraction of sp³-hybridized carbons (Fsp3) is 0.455. The van der Waals surface area contributed by atoms with Gasteiger partial charge in [-0.2, -0.15) is 0 Å². The Morgan fingerprint density at radius 1 is 1.57 bits per heavy atom. The second-order valence-electron chi connectivity index (χ2n) is 4.06. The van der Waals surface area contributed by atoms with E-state index in [9.17, 15) is 4.79 Å². The SMILES string of the molecule is Cc1cncc(C(=O)C2(CN)CC2)c1. The summed E-state index contributed by atoms with van der Waals surface area (Å²) in [4.78, 5) is 16.0. The van der Waals surface area contributed by atoms with Gasteiger partial charge >= 0.3 is 0 Å². The third-order valence-corrected chi connectivity index (χ3v) is 2.86. The second kappa shape index (κ2) is 3.17. The van der Waals surface area contributed by atoms with E-state index in [-0.39, 0.29) is 11.2 Å². The summed E-state index contributed by atoms with van der Waals surface area (Å²) < 4.78 is 0. The zero-order valence-electron chi connectivity index (χ0n) is 8.29. The fourth-order valence-electron chi connectivity index (χ4n) is 1.66. The second-order valence-corrected chi connectivity index (χ2v) is 4.06. The molecular formula is C11H14N2O. The van der Waals surface area contributed by atoms with E-state index in [4.69, 9.17) is 5.73 Å². The number of ketones is 1. The lowest BCUT2D eigenvalue weighted by Gasteiger charge is -2.10. The molecule has 0 radical (unpaired) electrons. The molecule has 1 aliphatic rings. The smallest absolute Gasteiger partial charge is 0.171 e. The average Bonchev–Trinajstić information content (AvgIpc) is 2.97. The van der Waals surface area contributed by atoms with Crippen molar-refractivity contribution in [3.63, 3.8) is 0 Å². The molecule has 3 heteroatoms. The Hall–Kier alpha value is -1.22. The van der Waals surface area contributed by atoms with Gasteiger partial charge in [-0.3, -0.25) is 9.78 Å². The molecule has 3 nitrogen and oxygen atoms in total. The van der Waals surface area contributed by atoms with Crippen molar-refractivity contribution in [3.8, 4) is 0 Å². The maximum absolute atomic E-state index is 12.0. The summed E-state index contributed by atoms with van der Waals surface area (Å²) in [5.41, 5.74) is 7.07. The predicted molar refractivity (Wildman–Crippen MR) is 54.0 cm³/mol. The van der Waals surface area contributed by atoms with Crippen molar-refractivity contribution < 1.29 is 4.79 Å². The molecular weight excluding hydrogens is 176 g/mol. The predicted octanol–water partition coefficient (Wildman–Crippen LogP) is 1.31. The highest BCUT2D eigenvalue weighted by Gasteiger charge is 2.48. The van der Waals surface area contributed by atoms with Crippen LogP contribution < -0.4 is 5.73 Å². The first-order valence-electron chi connectivity index (χ1n) is 4.84. The van der Waals surface area contributed by atoms with Crippen molar-refractivity contribution in [1.29, 1.82) is 0 Å². The highest BCUT2D eigenvalue weighted by molar-refractivity contribution is 6.02. The van der Waals surface area contributed by atoms with Crippen molar-refractivity contribution in [2.24, 2.45) is 11.1 Å². The van der Waals surface area contributed by atoms with Crippen LogP contribution in [0.4, 0.5) is 0 Å². The Morgan fingerprint density at radius 2 is 2.29 bits per heavy atom. The van der Waals surface area contributed by atoms with Gasteiger partial charge in [-0.15, -0.1) is 0 Å². The monoisotopic (exact) mass is 190 g/mol. The van der Waals surface area contributed by atoms with Gasteiger partial charge < -0.3 is 5.73 Å². The Bertz CT molecular complexity index is 369. The van der Waals surface area contributed by atoms with Crippen LogP contribution in [-0.4, -0.2) is 17.3 Å². The molecule has 1 heterocycles. The molecule has 0 bridgehead atoms. The van der Waals surface area contributed by atoms with Gasteiger partial charge in [-0.1, -0.05) is 0 Å². The van der Waals surface area contributed by atoms with E-state index < -0.39 is 0 Å². The van der Waals surface area contributed by atoms with E-state index in [1.54, 1.807) is 12.4 Å². The number of nitrogens with two attached hydrogens (primary N) is 1. The number of Topliss-reactive ketones (excluding diaryl/α,β-unsaturated/α-hetero) is 1. The van der Waals surface area contributed by atoms with Gasteiger partial charge in [0.15, 0.2) is 5.78 Å². The lowest BCUT2D eigenvalue weighted by atomic mass is 9.95. The number of carbonyl (C=O) groups excluding carboxylic acids is 1. The van der Waals surface area contributed by atoms with Crippen LogP contribution >= 0.6 is 0 Å². The number of rotatable bonds is 3. The topological polar surface area (TPSA) is 56.0 Å². The lowest BCUT2D eigenvalue weighted by Crippen LogP contribution is -2.25. The third kappa shape index (κ3) is 1.44. The molecule has 1 aliphatic carbocycles. The number of pyridine rings is 1. The number of carbonyl (C=O) groups is 1. The molecule has 0 amide bonds. The van der Waals surface area contributed by atoms with Gasteiger partial charge in [0.1, 0.15) is 0 Å². The molecule has 2 rings (SSSR count). The minimum atomic E-state index is -0.254. The first-order valence-corrected chi connectivity index (χ1v) is 4.84. The van der Waals surface area contributed by atoms with Crippen molar-refractivity contribution in [1.82, 2.24) is 4.98 Å². The van der Waals surface area contributed by atoms with Gasteiger partial charge in [0.05, 0.1) is 0 Å².